The van der Waals surface area contributed by atoms with E-state index >= 15 is 0 Å². The van der Waals surface area contributed by atoms with Crippen molar-refractivity contribution in [2.45, 2.75) is 168 Å². The summed E-state index contributed by atoms with van der Waals surface area (Å²) in [6.07, 6.45) is 25.2. The van der Waals surface area contributed by atoms with Crippen LogP contribution in [0.2, 0.25) is 0 Å². The van der Waals surface area contributed by atoms with Gasteiger partial charge in [-0.3, -0.25) is 4.52 Å². The van der Waals surface area contributed by atoms with E-state index in [1.165, 1.54) is 83.5 Å². The van der Waals surface area contributed by atoms with Crippen molar-refractivity contribution in [1.82, 2.24) is 0 Å². The van der Waals surface area contributed by atoms with Gasteiger partial charge in [0.2, 0.25) is 0 Å². The predicted molar refractivity (Wildman–Crippen MR) is 134 cm³/mol. The Hall–Kier alpha value is 0.110. The fraction of sp³-hybridized carbons (Fsp3) is 1.00. The van der Waals surface area contributed by atoms with Crippen LogP contribution in [0.25, 0.3) is 0 Å². The first-order valence-electron chi connectivity index (χ1n) is 13.7. The summed E-state index contributed by atoms with van der Waals surface area (Å²) < 4.78 is 17.5. The monoisotopic (exact) mass is 462 g/mol. The molecule has 0 unspecified atom stereocenters. The van der Waals surface area contributed by atoms with Gasteiger partial charge in [-0.1, -0.05) is 143 Å². The Morgan fingerprint density at radius 3 is 1.03 bits per heavy atom. The third kappa shape index (κ3) is 20.4. The second kappa shape index (κ2) is 20.7. The fourth-order valence-corrected chi connectivity index (χ4v) is 5.40. The SMILES string of the molecule is CCCCCCCCCC(CCCCCCCC)(CCCCCCCC)OP(=O)(O)O. The van der Waals surface area contributed by atoms with E-state index in [0.717, 1.165) is 57.8 Å². The molecule has 0 bridgehead atoms. The largest absolute Gasteiger partial charge is 0.470 e. The van der Waals surface area contributed by atoms with Gasteiger partial charge >= 0.3 is 7.82 Å². The molecule has 0 aliphatic heterocycles. The molecule has 0 spiro atoms. The lowest BCUT2D eigenvalue weighted by Gasteiger charge is -2.34. The standard InChI is InChI=1S/C26H55O4P/c1-4-7-10-13-16-19-22-25-26(30-31(27,28)29,23-20-17-14-11-8-5-2)24-21-18-15-12-9-6-3/h4-25H2,1-3H3,(H2,27,28,29). The summed E-state index contributed by atoms with van der Waals surface area (Å²) in [4.78, 5) is 19.4. The van der Waals surface area contributed by atoms with Crippen molar-refractivity contribution >= 4 is 7.82 Å². The Morgan fingerprint density at radius 1 is 0.516 bits per heavy atom. The summed E-state index contributed by atoms with van der Waals surface area (Å²) in [7, 11) is -4.49. The molecule has 0 atom stereocenters. The lowest BCUT2D eigenvalue weighted by atomic mass is 9.85. The van der Waals surface area contributed by atoms with Crippen LogP contribution in [0.5, 0.6) is 0 Å². The van der Waals surface area contributed by atoms with Crippen molar-refractivity contribution < 1.29 is 18.9 Å². The van der Waals surface area contributed by atoms with Crippen LogP contribution in [0.4, 0.5) is 0 Å². The minimum absolute atomic E-state index is 0.641. The minimum Gasteiger partial charge on any atom is -0.303 e. The van der Waals surface area contributed by atoms with Crippen LogP contribution in [-0.2, 0) is 9.09 Å². The van der Waals surface area contributed by atoms with Crippen LogP contribution in [0.1, 0.15) is 162 Å². The first-order valence-corrected chi connectivity index (χ1v) is 15.2. The lowest BCUT2D eigenvalue weighted by Crippen LogP contribution is -2.32. The molecule has 0 saturated carbocycles. The third-order valence-corrected chi connectivity index (χ3v) is 7.15. The number of hydrogen-bond acceptors (Lipinski definition) is 2. The molecular weight excluding hydrogens is 407 g/mol. The van der Waals surface area contributed by atoms with Gasteiger partial charge in [-0.2, -0.15) is 0 Å². The lowest BCUT2D eigenvalue weighted by molar-refractivity contribution is 0.00534. The first-order chi connectivity index (χ1) is 14.9. The van der Waals surface area contributed by atoms with E-state index < -0.39 is 13.4 Å². The van der Waals surface area contributed by atoms with Crippen molar-refractivity contribution in [2.75, 3.05) is 0 Å². The molecule has 2 N–H and O–H groups in total. The Morgan fingerprint density at radius 2 is 0.774 bits per heavy atom. The summed E-state index contributed by atoms with van der Waals surface area (Å²) in [5.74, 6) is 0. The minimum atomic E-state index is -4.49. The van der Waals surface area contributed by atoms with Crippen LogP contribution >= 0.6 is 7.82 Å². The third-order valence-electron chi connectivity index (χ3n) is 6.52. The molecule has 0 aliphatic carbocycles. The molecule has 0 fully saturated rings. The molecule has 0 aromatic heterocycles. The summed E-state index contributed by atoms with van der Waals surface area (Å²) in [6, 6.07) is 0. The highest BCUT2D eigenvalue weighted by molar-refractivity contribution is 7.46. The van der Waals surface area contributed by atoms with E-state index in [1.807, 2.05) is 0 Å². The molecule has 188 valence electrons. The van der Waals surface area contributed by atoms with Crippen molar-refractivity contribution in [3.05, 3.63) is 0 Å². The van der Waals surface area contributed by atoms with Crippen molar-refractivity contribution in [3.8, 4) is 0 Å². The van der Waals surface area contributed by atoms with E-state index in [-0.39, 0.29) is 0 Å². The Bertz CT molecular complexity index is 406. The van der Waals surface area contributed by atoms with Gasteiger partial charge < -0.3 is 9.79 Å². The maximum Gasteiger partial charge on any atom is 0.470 e. The maximum atomic E-state index is 11.9. The average Bonchev–Trinajstić information content (AvgIpc) is 2.71. The van der Waals surface area contributed by atoms with Crippen LogP contribution in [-0.4, -0.2) is 15.4 Å². The topological polar surface area (TPSA) is 66.8 Å². The van der Waals surface area contributed by atoms with Gasteiger partial charge in [-0.05, 0) is 19.3 Å². The highest BCUT2D eigenvalue weighted by Crippen LogP contribution is 2.47. The number of hydrogen-bond donors (Lipinski definition) is 2. The zero-order valence-electron chi connectivity index (χ0n) is 21.2. The Kier molecular flexibility index (Phi) is 20.8. The molecule has 0 aromatic rings. The fourth-order valence-electron chi connectivity index (χ4n) is 4.62. The molecule has 0 amide bonds. The highest BCUT2D eigenvalue weighted by Gasteiger charge is 2.36. The maximum absolute atomic E-state index is 11.9. The second-order valence-corrected chi connectivity index (χ2v) is 10.8. The van der Waals surface area contributed by atoms with Gasteiger partial charge in [-0.15, -0.1) is 0 Å². The van der Waals surface area contributed by atoms with Gasteiger partial charge in [0.25, 0.3) is 0 Å². The summed E-state index contributed by atoms with van der Waals surface area (Å²) in [5, 5.41) is 0. The normalized spacial score (nSPS) is 12.5. The molecule has 0 heterocycles. The van der Waals surface area contributed by atoms with E-state index in [4.69, 9.17) is 4.52 Å². The van der Waals surface area contributed by atoms with Crippen molar-refractivity contribution in [2.24, 2.45) is 0 Å². The summed E-state index contributed by atoms with van der Waals surface area (Å²) in [5.41, 5.74) is -0.641. The Labute approximate surface area is 194 Å². The number of phosphoric ester groups is 1. The molecule has 31 heavy (non-hydrogen) atoms. The summed E-state index contributed by atoms with van der Waals surface area (Å²) in [6.45, 7) is 6.68. The van der Waals surface area contributed by atoms with E-state index in [0.29, 0.717) is 0 Å². The van der Waals surface area contributed by atoms with Crippen molar-refractivity contribution in [3.63, 3.8) is 0 Å². The smallest absolute Gasteiger partial charge is 0.303 e. The Balaban J connectivity index is 4.75. The van der Waals surface area contributed by atoms with Crippen LogP contribution < -0.4 is 0 Å². The molecule has 0 aromatic carbocycles. The van der Waals surface area contributed by atoms with Gasteiger partial charge in [0.05, 0.1) is 5.60 Å². The summed E-state index contributed by atoms with van der Waals surface area (Å²) >= 11 is 0. The molecule has 0 radical (unpaired) electrons. The quantitative estimate of drug-likeness (QED) is 0.111. The predicted octanol–water partition coefficient (Wildman–Crippen LogP) is 9.48. The van der Waals surface area contributed by atoms with Gasteiger partial charge in [-0.25, -0.2) is 4.57 Å². The molecule has 0 rings (SSSR count). The van der Waals surface area contributed by atoms with Crippen molar-refractivity contribution in [1.29, 1.82) is 0 Å². The first kappa shape index (κ1) is 31.1. The van der Waals surface area contributed by atoms with Crippen LogP contribution in [0, 0.1) is 0 Å². The number of unbranched alkanes of at least 4 members (excludes halogenated alkanes) is 16. The molecule has 4 nitrogen and oxygen atoms in total. The van der Waals surface area contributed by atoms with E-state index in [9.17, 15) is 14.4 Å². The average molecular weight is 463 g/mol. The zero-order chi connectivity index (χ0) is 23.3. The van der Waals surface area contributed by atoms with Gasteiger partial charge in [0.15, 0.2) is 0 Å². The molecule has 5 heteroatoms. The molecule has 0 saturated heterocycles. The van der Waals surface area contributed by atoms with Gasteiger partial charge in [0.1, 0.15) is 0 Å². The van der Waals surface area contributed by atoms with Crippen LogP contribution in [0.15, 0.2) is 0 Å². The highest BCUT2D eigenvalue weighted by atomic mass is 31.2. The molecule has 0 aliphatic rings. The second-order valence-electron chi connectivity index (χ2n) is 9.67. The van der Waals surface area contributed by atoms with Gasteiger partial charge in [0, 0.05) is 0 Å². The van der Waals surface area contributed by atoms with Crippen LogP contribution in [0.3, 0.4) is 0 Å². The number of phosphoric acid groups is 1. The molecular formula is C26H55O4P. The number of rotatable bonds is 24. The van der Waals surface area contributed by atoms with E-state index in [1.54, 1.807) is 0 Å². The zero-order valence-corrected chi connectivity index (χ0v) is 22.1. The van der Waals surface area contributed by atoms with E-state index in [2.05, 4.69) is 20.8 Å².